The van der Waals surface area contributed by atoms with Crippen molar-refractivity contribution in [1.29, 1.82) is 0 Å². The highest BCUT2D eigenvalue weighted by Gasteiger charge is 2.34. The van der Waals surface area contributed by atoms with Crippen molar-refractivity contribution in [2.45, 2.75) is 12.3 Å². The summed E-state index contributed by atoms with van der Waals surface area (Å²) in [6, 6.07) is 46.0. The van der Waals surface area contributed by atoms with E-state index >= 15 is 0 Å². The van der Waals surface area contributed by atoms with Crippen LogP contribution < -0.4 is 0 Å². The zero-order chi connectivity index (χ0) is 27.1. The molecule has 1 unspecified atom stereocenters. The summed E-state index contributed by atoms with van der Waals surface area (Å²) < 4.78 is 5.28. The van der Waals surface area contributed by atoms with Crippen molar-refractivity contribution < 1.29 is 0 Å². The molecule has 1 atom stereocenters. The van der Waals surface area contributed by atoms with Gasteiger partial charge in [-0.2, -0.15) is 0 Å². The average Bonchev–Trinajstić information content (AvgIpc) is 3.59. The molecule has 0 spiro atoms. The maximum Gasteiger partial charge on any atom is 0.0554 e. The Bertz CT molecular complexity index is 2610. The minimum atomic E-state index is 0.409. The lowest BCUT2D eigenvalue weighted by Crippen LogP contribution is -2.18. The molecule has 0 fully saturated rings. The molecule has 11 rings (SSSR count). The first kappa shape index (κ1) is 21.8. The Labute approximate surface area is 246 Å². The Hall–Kier alpha value is -4.92. The molecular formula is C40H23NS. The summed E-state index contributed by atoms with van der Waals surface area (Å²) in [6.07, 6.45) is 1.09. The van der Waals surface area contributed by atoms with Gasteiger partial charge in [0.25, 0.3) is 0 Å². The van der Waals surface area contributed by atoms with E-state index in [1.807, 2.05) is 11.3 Å². The molecule has 1 nitrogen and oxygen atoms in total. The van der Waals surface area contributed by atoms with Crippen LogP contribution in [0.1, 0.15) is 22.6 Å². The summed E-state index contributed by atoms with van der Waals surface area (Å²) in [5, 5.41) is 8.14. The van der Waals surface area contributed by atoms with E-state index in [2.05, 4.69) is 126 Å². The maximum atomic E-state index is 2.53. The second kappa shape index (κ2) is 7.47. The van der Waals surface area contributed by atoms with E-state index in [4.69, 9.17) is 0 Å². The van der Waals surface area contributed by atoms with Gasteiger partial charge in [0.05, 0.1) is 11.0 Å². The van der Waals surface area contributed by atoms with Crippen LogP contribution in [0.4, 0.5) is 0 Å². The molecule has 2 aliphatic carbocycles. The van der Waals surface area contributed by atoms with Crippen molar-refractivity contribution >= 4 is 64.1 Å². The van der Waals surface area contributed by atoms with E-state index in [1.165, 1.54) is 97.4 Å². The van der Waals surface area contributed by atoms with E-state index in [9.17, 15) is 0 Å². The predicted molar refractivity (Wildman–Crippen MR) is 179 cm³/mol. The smallest absolute Gasteiger partial charge is 0.0554 e. The van der Waals surface area contributed by atoms with Crippen LogP contribution in [0, 0.1) is 0 Å². The van der Waals surface area contributed by atoms with E-state index in [-0.39, 0.29) is 0 Å². The molecule has 2 aromatic heterocycles. The summed E-state index contributed by atoms with van der Waals surface area (Å²) >= 11 is 1.92. The van der Waals surface area contributed by atoms with Gasteiger partial charge in [-0.25, -0.2) is 0 Å². The number of hydrogen-bond donors (Lipinski definition) is 0. The lowest BCUT2D eigenvalue weighted by molar-refractivity contribution is 0.782. The first-order valence-electron chi connectivity index (χ1n) is 14.8. The van der Waals surface area contributed by atoms with Gasteiger partial charge in [0.1, 0.15) is 0 Å². The Morgan fingerprint density at radius 2 is 1.36 bits per heavy atom. The third kappa shape index (κ3) is 2.52. The zero-order valence-electron chi connectivity index (χ0n) is 22.7. The van der Waals surface area contributed by atoms with Crippen LogP contribution in [0.3, 0.4) is 0 Å². The van der Waals surface area contributed by atoms with Gasteiger partial charge in [-0.1, -0.05) is 91.0 Å². The number of nitrogens with zero attached hydrogens (tertiary/aromatic N) is 1. The van der Waals surface area contributed by atoms with Gasteiger partial charge in [-0.15, -0.1) is 11.3 Å². The van der Waals surface area contributed by atoms with Crippen molar-refractivity contribution in [3.63, 3.8) is 0 Å². The molecule has 2 bridgehead atoms. The molecule has 0 amide bonds. The number of rotatable bonds is 1. The van der Waals surface area contributed by atoms with Crippen LogP contribution >= 0.6 is 11.3 Å². The summed E-state index contributed by atoms with van der Waals surface area (Å²) in [5.41, 5.74) is 13.8. The quantitative estimate of drug-likeness (QED) is 0.179. The topological polar surface area (TPSA) is 4.93 Å². The molecular weight excluding hydrogens is 527 g/mol. The highest BCUT2D eigenvalue weighted by molar-refractivity contribution is 7.26. The standard InChI is InChI=1S/C40H23NS/c1-2-9-25-24(8-1)26-11-6-12-27-31-19-23(16-18-28(31)33(25)20-32(26)27)41-35-13-5-7-22-15-17-30-39(38(22)35)36(41)21-34-29-10-3-4-14-37(29)42-40(30)34/h1-19,21,33H,20H2. The second-order valence-corrected chi connectivity index (χ2v) is 13.1. The third-order valence-electron chi connectivity index (χ3n) is 10.1. The SMILES string of the molecule is c1ccc2c(c1)-c1cccc3c1CC2c1ccc(-n2c4cccc5ccc6c7sc8ccccc8c7cc2c6c54)cc1-3. The van der Waals surface area contributed by atoms with E-state index in [0.29, 0.717) is 5.92 Å². The molecule has 7 aromatic carbocycles. The lowest BCUT2D eigenvalue weighted by Gasteiger charge is -2.36. The molecule has 2 heterocycles. The molecule has 0 radical (unpaired) electrons. The number of thiophene rings is 1. The van der Waals surface area contributed by atoms with Crippen LogP contribution in [0.25, 0.3) is 80.7 Å². The molecule has 2 aliphatic rings. The van der Waals surface area contributed by atoms with Gasteiger partial charge >= 0.3 is 0 Å². The summed E-state index contributed by atoms with van der Waals surface area (Å²) in [6.45, 7) is 0. The van der Waals surface area contributed by atoms with Gasteiger partial charge in [0.2, 0.25) is 0 Å². The van der Waals surface area contributed by atoms with Crippen LogP contribution in [-0.4, -0.2) is 4.57 Å². The molecule has 0 saturated carbocycles. The molecule has 2 heteroatoms. The maximum absolute atomic E-state index is 2.53. The minimum Gasteiger partial charge on any atom is -0.309 e. The Morgan fingerprint density at radius 1 is 0.548 bits per heavy atom. The summed E-state index contributed by atoms with van der Waals surface area (Å²) in [4.78, 5) is 0. The monoisotopic (exact) mass is 549 g/mol. The van der Waals surface area contributed by atoms with E-state index < -0.39 is 0 Å². The minimum absolute atomic E-state index is 0.409. The van der Waals surface area contributed by atoms with E-state index in [0.717, 1.165) is 6.42 Å². The zero-order valence-corrected chi connectivity index (χ0v) is 23.5. The molecule has 0 aliphatic heterocycles. The Morgan fingerprint density at radius 3 is 2.33 bits per heavy atom. The molecule has 9 aromatic rings. The van der Waals surface area contributed by atoms with Crippen LogP contribution in [0.2, 0.25) is 0 Å². The molecule has 194 valence electrons. The van der Waals surface area contributed by atoms with Crippen LogP contribution in [0.5, 0.6) is 0 Å². The van der Waals surface area contributed by atoms with Crippen molar-refractivity contribution in [2.75, 3.05) is 0 Å². The summed E-state index contributed by atoms with van der Waals surface area (Å²) in [5.74, 6) is 0.409. The highest BCUT2D eigenvalue weighted by atomic mass is 32.1. The van der Waals surface area contributed by atoms with Crippen molar-refractivity contribution in [1.82, 2.24) is 4.57 Å². The van der Waals surface area contributed by atoms with Crippen LogP contribution in [0.15, 0.2) is 121 Å². The largest absolute Gasteiger partial charge is 0.309 e. The number of hydrogen-bond acceptors (Lipinski definition) is 1. The fourth-order valence-corrected chi connectivity index (χ4v) is 9.59. The van der Waals surface area contributed by atoms with Gasteiger partial charge in [0.15, 0.2) is 0 Å². The van der Waals surface area contributed by atoms with Gasteiger partial charge in [0, 0.05) is 47.9 Å². The van der Waals surface area contributed by atoms with E-state index in [1.54, 1.807) is 0 Å². The highest BCUT2D eigenvalue weighted by Crippen LogP contribution is 2.53. The first-order valence-corrected chi connectivity index (χ1v) is 15.6. The first-order chi connectivity index (χ1) is 20.8. The van der Waals surface area contributed by atoms with Crippen molar-refractivity contribution in [3.8, 4) is 27.9 Å². The molecule has 0 saturated heterocycles. The fraction of sp³-hybridized carbons (Fsp3) is 0.0500. The average molecular weight is 550 g/mol. The number of aromatic nitrogens is 1. The van der Waals surface area contributed by atoms with Crippen molar-refractivity contribution in [2.24, 2.45) is 0 Å². The normalized spacial score (nSPS) is 15.3. The fourth-order valence-electron chi connectivity index (χ4n) is 8.37. The lowest BCUT2D eigenvalue weighted by atomic mass is 9.68. The van der Waals surface area contributed by atoms with Crippen molar-refractivity contribution in [3.05, 3.63) is 138 Å². The predicted octanol–water partition coefficient (Wildman–Crippen LogP) is 11.1. The molecule has 42 heavy (non-hydrogen) atoms. The Balaban J connectivity index is 1.26. The van der Waals surface area contributed by atoms with Gasteiger partial charge in [-0.3, -0.25) is 0 Å². The summed E-state index contributed by atoms with van der Waals surface area (Å²) in [7, 11) is 0. The van der Waals surface area contributed by atoms with Gasteiger partial charge in [-0.05, 0) is 81.1 Å². The molecule has 0 N–H and O–H groups in total. The van der Waals surface area contributed by atoms with Gasteiger partial charge < -0.3 is 4.57 Å². The number of benzene rings is 7. The number of fused-ring (bicyclic) bond motifs is 11. The Kier molecular flexibility index (Phi) is 3.87. The second-order valence-electron chi connectivity index (χ2n) is 12.0. The third-order valence-corrected chi connectivity index (χ3v) is 11.3. The van der Waals surface area contributed by atoms with Crippen LogP contribution in [-0.2, 0) is 6.42 Å².